The Bertz CT molecular complexity index is 1330. The summed E-state index contributed by atoms with van der Waals surface area (Å²) in [4.78, 5) is 15.5. The summed E-state index contributed by atoms with van der Waals surface area (Å²) >= 11 is 11.8. The van der Waals surface area contributed by atoms with Crippen molar-refractivity contribution in [2.75, 3.05) is 10.0 Å². The number of hydrogen-bond acceptors (Lipinski definition) is 3. The summed E-state index contributed by atoms with van der Waals surface area (Å²) in [6, 6.07) is 18.1. The van der Waals surface area contributed by atoms with Gasteiger partial charge in [0.2, 0.25) is 0 Å². The second kappa shape index (κ2) is 8.02. The van der Waals surface area contributed by atoms with Gasteiger partial charge in [-0.25, -0.2) is 8.42 Å². The zero-order chi connectivity index (χ0) is 21.3. The van der Waals surface area contributed by atoms with Crippen LogP contribution in [0.25, 0.3) is 10.9 Å². The fraction of sp³-hybridized carbons (Fsp3) is 0. The van der Waals surface area contributed by atoms with Crippen molar-refractivity contribution in [1.29, 1.82) is 0 Å². The van der Waals surface area contributed by atoms with Crippen LogP contribution in [0, 0.1) is 0 Å². The van der Waals surface area contributed by atoms with Crippen molar-refractivity contribution in [2.45, 2.75) is 4.90 Å². The Kier molecular flexibility index (Phi) is 5.42. The first kappa shape index (κ1) is 20.3. The Morgan fingerprint density at radius 3 is 2.27 bits per heavy atom. The molecule has 0 aliphatic rings. The molecule has 0 aliphatic heterocycles. The van der Waals surface area contributed by atoms with Crippen LogP contribution in [-0.2, 0) is 10.0 Å². The first-order valence-electron chi connectivity index (χ1n) is 8.78. The number of sulfonamides is 1. The Morgan fingerprint density at radius 1 is 0.867 bits per heavy atom. The molecule has 0 fully saturated rings. The quantitative estimate of drug-likeness (QED) is 0.366. The van der Waals surface area contributed by atoms with Crippen molar-refractivity contribution in [2.24, 2.45) is 0 Å². The van der Waals surface area contributed by atoms with E-state index in [0.29, 0.717) is 27.8 Å². The molecule has 0 unspecified atom stereocenters. The van der Waals surface area contributed by atoms with Crippen LogP contribution in [0.5, 0.6) is 0 Å². The van der Waals surface area contributed by atoms with Crippen LogP contribution >= 0.6 is 23.2 Å². The number of anilines is 2. The number of aromatic nitrogens is 1. The molecule has 0 bridgehead atoms. The zero-order valence-corrected chi connectivity index (χ0v) is 17.6. The van der Waals surface area contributed by atoms with Gasteiger partial charge < -0.3 is 10.3 Å². The molecule has 4 rings (SSSR count). The molecule has 0 saturated carbocycles. The monoisotopic (exact) mass is 459 g/mol. The SMILES string of the molecule is O=C(Nc1ccccc1)c1c[nH]c2cc(NS(=O)(=O)c3cc(Cl)cc(Cl)c3)ccc12. The van der Waals surface area contributed by atoms with Gasteiger partial charge >= 0.3 is 0 Å². The van der Waals surface area contributed by atoms with E-state index >= 15 is 0 Å². The molecule has 0 spiro atoms. The third-order valence-corrected chi connectivity index (χ3v) is 6.15. The van der Waals surface area contributed by atoms with Gasteiger partial charge in [-0.05, 0) is 48.5 Å². The molecule has 6 nitrogen and oxygen atoms in total. The zero-order valence-electron chi connectivity index (χ0n) is 15.3. The molecular formula is C21H15Cl2N3O3S. The van der Waals surface area contributed by atoms with Gasteiger partial charge in [0, 0.05) is 32.8 Å². The maximum atomic E-state index is 12.7. The normalized spacial score (nSPS) is 11.4. The highest BCUT2D eigenvalue weighted by Gasteiger charge is 2.17. The van der Waals surface area contributed by atoms with Crippen LogP contribution in [-0.4, -0.2) is 19.3 Å². The molecule has 0 radical (unpaired) electrons. The minimum atomic E-state index is -3.89. The van der Waals surface area contributed by atoms with Gasteiger partial charge in [0.15, 0.2) is 0 Å². The first-order chi connectivity index (χ1) is 14.3. The molecule has 0 saturated heterocycles. The molecule has 1 aromatic heterocycles. The van der Waals surface area contributed by atoms with Crippen molar-refractivity contribution in [1.82, 2.24) is 4.98 Å². The lowest BCUT2D eigenvalue weighted by Gasteiger charge is -2.09. The van der Waals surface area contributed by atoms with Gasteiger partial charge in [0.1, 0.15) is 0 Å². The number of fused-ring (bicyclic) bond motifs is 1. The van der Waals surface area contributed by atoms with E-state index in [0.717, 1.165) is 0 Å². The van der Waals surface area contributed by atoms with E-state index in [4.69, 9.17) is 23.2 Å². The van der Waals surface area contributed by atoms with Gasteiger partial charge in [-0.15, -0.1) is 0 Å². The minimum Gasteiger partial charge on any atom is -0.360 e. The van der Waals surface area contributed by atoms with Crippen molar-refractivity contribution < 1.29 is 13.2 Å². The summed E-state index contributed by atoms with van der Waals surface area (Å²) in [6.45, 7) is 0. The average Bonchev–Trinajstić information content (AvgIpc) is 3.11. The van der Waals surface area contributed by atoms with Gasteiger partial charge in [-0.1, -0.05) is 41.4 Å². The van der Waals surface area contributed by atoms with E-state index in [1.54, 1.807) is 36.5 Å². The van der Waals surface area contributed by atoms with Gasteiger partial charge in [0.05, 0.1) is 16.1 Å². The summed E-state index contributed by atoms with van der Waals surface area (Å²) in [5, 5.41) is 3.93. The van der Waals surface area contributed by atoms with Crippen molar-refractivity contribution in [3.05, 3.63) is 88.5 Å². The summed E-state index contributed by atoms with van der Waals surface area (Å²) in [5.74, 6) is -0.269. The number of para-hydroxylation sites is 1. The number of carbonyl (C=O) groups is 1. The topological polar surface area (TPSA) is 91.1 Å². The number of aromatic amines is 1. The maximum absolute atomic E-state index is 12.7. The molecule has 3 aromatic carbocycles. The second-order valence-corrected chi connectivity index (χ2v) is 9.05. The smallest absolute Gasteiger partial charge is 0.261 e. The third-order valence-electron chi connectivity index (χ3n) is 4.36. The van der Waals surface area contributed by atoms with Crippen molar-refractivity contribution in [3.63, 3.8) is 0 Å². The second-order valence-electron chi connectivity index (χ2n) is 6.49. The highest BCUT2D eigenvalue weighted by atomic mass is 35.5. The standard InChI is InChI=1S/C21H15Cl2N3O3S/c22-13-8-14(23)10-17(9-13)30(28,29)26-16-6-7-18-19(12-24-20(18)11-16)21(27)25-15-4-2-1-3-5-15/h1-12,24,26H,(H,25,27). The lowest BCUT2D eigenvalue weighted by molar-refractivity contribution is 0.102. The molecule has 0 aliphatic carbocycles. The van der Waals surface area contributed by atoms with E-state index in [1.807, 2.05) is 18.2 Å². The largest absolute Gasteiger partial charge is 0.360 e. The number of H-pyrrole nitrogens is 1. The Balaban J connectivity index is 1.59. The first-order valence-corrected chi connectivity index (χ1v) is 11.0. The molecule has 9 heteroatoms. The maximum Gasteiger partial charge on any atom is 0.261 e. The average molecular weight is 460 g/mol. The van der Waals surface area contributed by atoms with Crippen molar-refractivity contribution in [3.8, 4) is 0 Å². The van der Waals surface area contributed by atoms with E-state index in [2.05, 4.69) is 15.0 Å². The molecule has 1 heterocycles. The highest BCUT2D eigenvalue weighted by Crippen LogP contribution is 2.27. The van der Waals surface area contributed by atoms with Gasteiger partial charge in [-0.2, -0.15) is 0 Å². The minimum absolute atomic E-state index is 0.0467. The lowest BCUT2D eigenvalue weighted by atomic mass is 10.1. The number of carbonyl (C=O) groups excluding carboxylic acids is 1. The number of hydrogen-bond donors (Lipinski definition) is 3. The fourth-order valence-electron chi connectivity index (χ4n) is 3.00. The Labute approximate surface area is 182 Å². The van der Waals surface area contributed by atoms with E-state index in [9.17, 15) is 13.2 Å². The summed E-state index contributed by atoms with van der Waals surface area (Å²) in [7, 11) is -3.89. The van der Waals surface area contributed by atoms with E-state index in [-0.39, 0.29) is 20.8 Å². The number of benzene rings is 3. The number of rotatable bonds is 5. The third kappa shape index (κ3) is 4.28. The molecule has 3 N–H and O–H groups in total. The molecule has 4 aromatic rings. The van der Waals surface area contributed by atoms with Gasteiger partial charge in [-0.3, -0.25) is 9.52 Å². The number of nitrogens with one attached hydrogen (secondary N) is 3. The number of amides is 1. The van der Waals surface area contributed by atoms with Crippen LogP contribution in [0.4, 0.5) is 11.4 Å². The molecule has 30 heavy (non-hydrogen) atoms. The highest BCUT2D eigenvalue weighted by molar-refractivity contribution is 7.92. The summed E-state index contributed by atoms with van der Waals surface area (Å²) in [6.07, 6.45) is 1.58. The number of halogens is 2. The summed E-state index contributed by atoms with van der Waals surface area (Å²) in [5.41, 5.74) is 2.07. The Hall–Kier alpha value is -3.00. The fourth-order valence-corrected chi connectivity index (χ4v) is 4.77. The van der Waals surface area contributed by atoms with E-state index in [1.165, 1.54) is 18.2 Å². The predicted molar refractivity (Wildman–Crippen MR) is 120 cm³/mol. The lowest BCUT2D eigenvalue weighted by Crippen LogP contribution is -2.13. The van der Waals surface area contributed by atoms with Crippen LogP contribution in [0.1, 0.15) is 10.4 Å². The molecular weight excluding hydrogens is 445 g/mol. The molecule has 0 atom stereocenters. The van der Waals surface area contributed by atoms with Crippen LogP contribution < -0.4 is 10.0 Å². The molecule has 152 valence electrons. The summed E-state index contributed by atoms with van der Waals surface area (Å²) < 4.78 is 27.8. The molecule has 1 amide bonds. The van der Waals surface area contributed by atoms with Gasteiger partial charge in [0.25, 0.3) is 15.9 Å². The Morgan fingerprint density at radius 2 is 1.57 bits per heavy atom. The van der Waals surface area contributed by atoms with Crippen molar-refractivity contribution >= 4 is 61.4 Å². The van der Waals surface area contributed by atoms with Crippen LogP contribution in [0.2, 0.25) is 10.0 Å². The van der Waals surface area contributed by atoms with Crippen LogP contribution in [0.3, 0.4) is 0 Å². The predicted octanol–water partition coefficient (Wildman–Crippen LogP) is 5.53. The van der Waals surface area contributed by atoms with Crippen LogP contribution in [0.15, 0.2) is 77.8 Å². The van der Waals surface area contributed by atoms with E-state index < -0.39 is 10.0 Å².